The average molecular weight is 284 g/mol. The number of aromatic nitrogens is 1. The van der Waals surface area contributed by atoms with Crippen molar-refractivity contribution < 1.29 is 9.47 Å². The van der Waals surface area contributed by atoms with Gasteiger partial charge in [-0.25, -0.2) is 4.98 Å². The highest BCUT2D eigenvalue weighted by Gasteiger charge is 2.04. The monoisotopic (exact) mass is 283 g/mol. The molecular formula is C13H11Cl2NO2. The van der Waals surface area contributed by atoms with Gasteiger partial charge in [0.2, 0.25) is 0 Å². The Morgan fingerprint density at radius 3 is 2.33 bits per heavy atom. The maximum Gasteiger partial charge on any atom is 0.132 e. The normalized spacial score (nSPS) is 10.2. The van der Waals surface area contributed by atoms with E-state index in [2.05, 4.69) is 4.98 Å². The molecule has 94 valence electrons. The highest BCUT2D eigenvalue weighted by molar-refractivity contribution is 6.32. The Labute approximate surface area is 115 Å². The first-order chi connectivity index (χ1) is 8.69. The van der Waals surface area contributed by atoms with E-state index in [1.54, 1.807) is 19.2 Å². The summed E-state index contributed by atoms with van der Waals surface area (Å²) in [5.41, 5.74) is 0.611. The van der Waals surface area contributed by atoms with Gasteiger partial charge >= 0.3 is 0 Å². The van der Waals surface area contributed by atoms with Gasteiger partial charge in [0.1, 0.15) is 23.3 Å². The first-order valence-corrected chi connectivity index (χ1v) is 6.02. The number of hydrogen-bond donors (Lipinski definition) is 0. The van der Waals surface area contributed by atoms with Crippen molar-refractivity contribution in [2.24, 2.45) is 0 Å². The molecule has 3 nitrogen and oxygen atoms in total. The third kappa shape index (κ3) is 3.28. The fourth-order valence-corrected chi connectivity index (χ4v) is 1.71. The first-order valence-electron chi connectivity index (χ1n) is 5.27. The van der Waals surface area contributed by atoms with E-state index in [0.717, 1.165) is 5.75 Å². The Morgan fingerprint density at radius 1 is 1.00 bits per heavy atom. The lowest BCUT2D eigenvalue weighted by atomic mass is 10.3. The lowest BCUT2D eigenvalue weighted by Gasteiger charge is -2.08. The van der Waals surface area contributed by atoms with Crippen LogP contribution in [-0.4, -0.2) is 12.1 Å². The molecule has 1 aromatic heterocycles. The summed E-state index contributed by atoms with van der Waals surface area (Å²) >= 11 is 11.8. The molecule has 0 amide bonds. The molecule has 0 aliphatic heterocycles. The fourth-order valence-electron chi connectivity index (χ4n) is 1.38. The topological polar surface area (TPSA) is 31.4 Å². The zero-order valence-electron chi connectivity index (χ0n) is 9.69. The van der Waals surface area contributed by atoms with Gasteiger partial charge in [-0.05, 0) is 36.4 Å². The molecule has 0 bridgehead atoms. The molecule has 1 aromatic carbocycles. The van der Waals surface area contributed by atoms with Gasteiger partial charge in [-0.1, -0.05) is 23.2 Å². The van der Waals surface area contributed by atoms with Gasteiger partial charge < -0.3 is 9.47 Å². The van der Waals surface area contributed by atoms with Crippen LogP contribution in [0, 0.1) is 0 Å². The van der Waals surface area contributed by atoms with Crippen molar-refractivity contribution in [2.75, 3.05) is 7.11 Å². The second-order valence-corrected chi connectivity index (χ2v) is 4.32. The Morgan fingerprint density at radius 2 is 1.67 bits per heavy atom. The Balaban J connectivity index is 2.04. The van der Waals surface area contributed by atoms with Crippen molar-refractivity contribution in [2.45, 2.75) is 6.61 Å². The fraction of sp³-hybridized carbons (Fsp3) is 0.154. The second kappa shape index (κ2) is 5.94. The van der Waals surface area contributed by atoms with Gasteiger partial charge in [0.25, 0.3) is 0 Å². The van der Waals surface area contributed by atoms with E-state index < -0.39 is 0 Å². The SMILES string of the molecule is COc1ccc(OCc2nc(Cl)ccc2Cl)cc1. The predicted octanol–water partition coefficient (Wildman–Crippen LogP) is 3.98. The van der Waals surface area contributed by atoms with Crippen molar-refractivity contribution in [3.05, 3.63) is 52.3 Å². The van der Waals surface area contributed by atoms with Gasteiger partial charge in [-0.15, -0.1) is 0 Å². The summed E-state index contributed by atoms with van der Waals surface area (Å²) in [6, 6.07) is 10.6. The number of nitrogens with zero attached hydrogens (tertiary/aromatic N) is 1. The van der Waals surface area contributed by atoms with E-state index in [-0.39, 0.29) is 6.61 Å². The summed E-state index contributed by atoms with van der Waals surface area (Å²) in [5.74, 6) is 1.50. The van der Waals surface area contributed by atoms with Crippen molar-refractivity contribution in [3.63, 3.8) is 0 Å². The van der Waals surface area contributed by atoms with Gasteiger partial charge in [-0.2, -0.15) is 0 Å². The average Bonchev–Trinajstić information content (AvgIpc) is 2.40. The smallest absolute Gasteiger partial charge is 0.132 e. The number of ether oxygens (including phenoxy) is 2. The summed E-state index contributed by atoms with van der Waals surface area (Å²) < 4.78 is 10.6. The molecule has 0 saturated carbocycles. The van der Waals surface area contributed by atoms with Crippen molar-refractivity contribution in [1.82, 2.24) is 4.98 Å². The summed E-state index contributed by atoms with van der Waals surface area (Å²) in [7, 11) is 1.62. The molecule has 0 fully saturated rings. The molecule has 0 aliphatic carbocycles. The first kappa shape index (κ1) is 13.0. The zero-order chi connectivity index (χ0) is 13.0. The van der Waals surface area contributed by atoms with Crippen LogP contribution in [-0.2, 0) is 6.61 Å². The molecule has 0 atom stereocenters. The van der Waals surface area contributed by atoms with E-state index >= 15 is 0 Å². The Hall–Kier alpha value is -1.45. The van der Waals surface area contributed by atoms with Crippen LogP contribution < -0.4 is 9.47 Å². The predicted molar refractivity (Wildman–Crippen MR) is 71.6 cm³/mol. The molecule has 2 aromatic rings. The number of benzene rings is 1. The van der Waals surface area contributed by atoms with Crippen LogP contribution in [0.2, 0.25) is 10.2 Å². The summed E-state index contributed by atoms with van der Waals surface area (Å²) in [4.78, 5) is 4.11. The number of methoxy groups -OCH3 is 1. The molecule has 0 unspecified atom stereocenters. The van der Waals surface area contributed by atoms with Crippen LogP contribution in [0.25, 0.3) is 0 Å². The van der Waals surface area contributed by atoms with Crippen LogP contribution >= 0.6 is 23.2 Å². The summed E-state index contributed by atoms with van der Waals surface area (Å²) in [6.45, 7) is 0.270. The van der Waals surface area contributed by atoms with Crippen molar-refractivity contribution >= 4 is 23.2 Å². The van der Waals surface area contributed by atoms with Crippen LogP contribution in [0.1, 0.15) is 5.69 Å². The van der Waals surface area contributed by atoms with Crippen molar-refractivity contribution in [1.29, 1.82) is 0 Å². The van der Waals surface area contributed by atoms with Crippen LogP contribution in [0.5, 0.6) is 11.5 Å². The Bertz CT molecular complexity index is 529. The van der Waals surface area contributed by atoms with Gasteiger partial charge in [0.15, 0.2) is 0 Å². The zero-order valence-corrected chi connectivity index (χ0v) is 11.2. The number of pyridine rings is 1. The lowest BCUT2D eigenvalue weighted by molar-refractivity contribution is 0.301. The van der Waals surface area contributed by atoms with E-state index in [1.165, 1.54) is 0 Å². The lowest BCUT2D eigenvalue weighted by Crippen LogP contribution is -1.99. The minimum Gasteiger partial charge on any atom is -0.497 e. The van der Waals surface area contributed by atoms with Gasteiger partial charge in [-0.3, -0.25) is 0 Å². The van der Waals surface area contributed by atoms with E-state index in [1.807, 2.05) is 24.3 Å². The second-order valence-electron chi connectivity index (χ2n) is 3.53. The van der Waals surface area contributed by atoms with Gasteiger partial charge in [0, 0.05) is 0 Å². The third-order valence-corrected chi connectivity index (χ3v) is 2.87. The third-order valence-electron chi connectivity index (χ3n) is 2.32. The van der Waals surface area contributed by atoms with Crippen LogP contribution in [0.3, 0.4) is 0 Å². The quantitative estimate of drug-likeness (QED) is 0.796. The van der Waals surface area contributed by atoms with Crippen LogP contribution in [0.4, 0.5) is 0 Å². The number of halogens is 2. The molecule has 18 heavy (non-hydrogen) atoms. The Kier molecular flexibility index (Phi) is 4.28. The van der Waals surface area contributed by atoms with E-state index in [0.29, 0.717) is 21.6 Å². The molecular weight excluding hydrogens is 273 g/mol. The minimum absolute atomic E-state index is 0.270. The van der Waals surface area contributed by atoms with E-state index in [4.69, 9.17) is 32.7 Å². The molecule has 0 N–H and O–H groups in total. The molecule has 0 aliphatic rings. The molecule has 0 spiro atoms. The summed E-state index contributed by atoms with van der Waals surface area (Å²) in [6.07, 6.45) is 0. The van der Waals surface area contributed by atoms with E-state index in [9.17, 15) is 0 Å². The van der Waals surface area contributed by atoms with Gasteiger partial charge in [0.05, 0.1) is 17.8 Å². The highest BCUT2D eigenvalue weighted by Crippen LogP contribution is 2.21. The maximum absolute atomic E-state index is 5.99. The molecule has 2 rings (SSSR count). The number of rotatable bonds is 4. The number of hydrogen-bond acceptors (Lipinski definition) is 3. The van der Waals surface area contributed by atoms with Crippen molar-refractivity contribution in [3.8, 4) is 11.5 Å². The highest BCUT2D eigenvalue weighted by atomic mass is 35.5. The summed E-state index contributed by atoms with van der Waals surface area (Å²) in [5, 5.41) is 0.931. The maximum atomic E-state index is 5.99. The minimum atomic E-state index is 0.270. The largest absolute Gasteiger partial charge is 0.497 e. The molecule has 0 radical (unpaired) electrons. The van der Waals surface area contributed by atoms with Crippen LogP contribution in [0.15, 0.2) is 36.4 Å². The molecule has 5 heteroatoms. The molecule has 1 heterocycles. The standard InChI is InChI=1S/C13H11Cl2NO2/c1-17-9-2-4-10(5-3-9)18-8-12-11(14)6-7-13(15)16-12/h2-7H,8H2,1H3. The molecule has 0 saturated heterocycles.